The van der Waals surface area contributed by atoms with Gasteiger partial charge in [0.05, 0.1) is 22.4 Å². The summed E-state index contributed by atoms with van der Waals surface area (Å²) in [6, 6.07) is 9.34. The Morgan fingerprint density at radius 1 is 0.952 bits per heavy atom. The molecule has 6 nitrogen and oxygen atoms in total. The second-order valence-electron chi connectivity index (χ2n) is 4.53. The van der Waals surface area contributed by atoms with Gasteiger partial charge < -0.3 is 11.5 Å². The highest BCUT2D eigenvalue weighted by Gasteiger charge is 2.08. The van der Waals surface area contributed by atoms with Crippen LogP contribution in [0.4, 0.5) is 11.6 Å². The predicted octanol–water partition coefficient (Wildman–Crippen LogP) is 2.18. The van der Waals surface area contributed by atoms with Crippen LogP contribution in [0.15, 0.2) is 35.5 Å². The lowest BCUT2D eigenvalue weighted by molar-refractivity contribution is 0.979. The Morgan fingerprint density at radius 3 is 2.24 bits per heavy atom. The lowest BCUT2D eigenvalue weighted by Gasteiger charge is -2.06. The van der Waals surface area contributed by atoms with Crippen molar-refractivity contribution in [1.82, 2.24) is 19.9 Å². The van der Waals surface area contributed by atoms with Crippen molar-refractivity contribution in [2.45, 2.75) is 17.8 Å². The Balaban J connectivity index is 1.86. The van der Waals surface area contributed by atoms with E-state index in [1.807, 2.05) is 31.2 Å². The molecular weight excluding hydrogens is 284 g/mol. The minimum atomic E-state index is 0.367. The van der Waals surface area contributed by atoms with Gasteiger partial charge in [-0.3, -0.25) is 0 Å². The van der Waals surface area contributed by atoms with Gasteiger partial charge in [-0.2, -0.15) is 0 Å². The molecule has 4 N–H and O–H groups in total. The Hall–Kier alpha value is -2.41. The highest BCUT2D eigenvalue weighted by molar-refractivity contribution is 7.98. The number of nitrogens with zero attached hydrogens (tertiary/aromatic N) is 4. The van der Waals surface area contributed by atoms with E-state index in [1.165, 1.54) is 17.8 Å². The molecule has 1 aromatic carbocycles. The van der Waals surface area contributed by atoms with Gasteiger partial charge in [0.2, 0.25) is 0 Å². The number of hydrogen-bond acceptors (Lipinski definition) is 7. The van der Waals surface area contributed by atoms with Crippen LogP contribution in [-0.4, -0.2) is 19.9 Å². The van der Waals surface area contributed by atoms with Crippen molar-refractivity contribution in [1.29, 1.82) is 0 Å². The fraction of sp³-hybridized carbons (Fsp3) is 0.143. The number of thioether (sulfide) groups is 1. The molecule has 106 valence electrons. The molecule has 0 aliphatic rings. The van der Waals surface area contributed by atoms with Crippen molar-refractivity contribution in [2.75, 3.05) is 11.5 Å². The summed E-state index contributed by atoms with van der Waals surface area (Å²) in [6.45, 7) is 1.95. The molecule has 0 saturated heterocycles. The fourth-order valence-electron chi connectivity index (χ4n) is 1.92. The summed E-state index contributed by atoms with van der Waals surface area (Å²) in [4.78, 5) is 17.5. The quantitative estimate of drug-likeness (QED) is 0.564. The Bertz CT molecular complexity index is 784. The maximum absolute atomic E-state index is 5.66. The van der Waals surface area contributed by atoms with Crippen molar-refractivity contribution in [3.05, 3.63) is 41.7 Å². The topological polar surface area (TPSA) is 104 Å². The van der Waals surface area contributed by atoms with Gasteiger partial charge in [-0.05, 0) is 19.1 Å². The Labute approximate surface area is 126 Å². The highest BCUT2D eigenvalue weighted by atomic mass is 32.2. The first-order valence-corrected chi connectivity index (χ1v) is 7.35. The summed E-state index contributed by atoms with van der Waals surface area (Å²) >= 11 is 1.44. The molecule has 2 heterocycles. The van der Waals surface area contributed by atoms with Crippen molar-refractivity contribution in [3.8, 4) is 0 Å². The van der Waals surface area contributed by atoms with Crippen LogP contribution in [0.5, 0.6) is 0 Å². The van der Waals surface area contributed by atoms with Crippen LogP contribution in [0.1, 0.15) is 11.4 Å². The summed E-state index contributed by atoms with van der Waals surface area (Å²) in [6.07, 6.45) is 0. The van der Waals surface area contributed by atoms with Gasteiger partial charge >= 0.3 is 0 Å². The lowest BCUT2D eigenvalue weighted by atomic mass is 10.2. The zero-order chi connectivity index (χ0) is 14.8. The number of nitrogen functional groups attached to an aromatic ring is 2. The van der Waals surface area contributed by atoms with Gasteiger partial charge in [-0.25, -0.2) is 19.9 Å². The van der Waals surface area contributed by atoms with E-state index in [4.69, 9.17) is 11.5 Å². The van der Waals surface area contributed by atoms with Crippen molar-refractivity contribution in [2.24, 2.45) is 0 Å². The van der Waals surface area contributed by atoms with Gasteiger partial charge in [0, 0.05) is 11.8 Å². The van der Waals surface area contributed by atoms with E-state index < -0.39 is 0 Å². The zero-order valence-electron chi connectivity index (χ0n) is 11.4. The van der Waals surface area contributed by atoms with E-state index in [1.54, 1.807) is 0 Å². The number of hydrogen-bond donors (Lipinski definition) is 2. The van der Waals surface area contributed by atoms with E-state index >= 15 is 0 Å². The maximum atomic E-state index is 5.66. The number of rotatable bonds is 3. The molecule has 3 rings (SSSR count). The average Bonchev–Trinajstić information content (AvgIpc) is 2.44. The zero-order valence-corrected chi connectivity index (χ0v) is 12.3. The second-order valence-corrected chi connectivity index (χ2v) is 5.48. The van der Waals surface area contributed by atoms with Crippen LogP contribution in [0.2, 0.25) is 0 Å². The molecule has 0 fully saturated rings. The Morgan fingerprint density at radius 2 is 1.57 bits per heavy atom. The largest absolute Gasteiger partial charge is 0.383 e. The number of fused-ring (bicyclic) bond motifs is 1. The van der Waals surface area contributed by atoms with Gasteiger partial charge in [0.1, 0.15) is 11.6 Å². The molecule has 2 aromatic heterocycles. The second kappa shape index (κ2) is 5.53. The molecule has 0 radical (unpaired) electrons. The molecule has 0 aliphatic heterocycles. The van der Waals surface area contributed by atoms with Crippen LogP contribution in [0.25, 0.3) is 11.0 Å². The van der Waals surface area contributed by atoms with E-state index in [9.17, 15) is 0 Å². The highest BCUT2D eigenvalue weighted by Crippen LogP contribution is 2.22. The summed E-state index contributed by atoms with van der Waals surface area (Å²) in [5.41, 5.74) is 14.9. The van der Waals surface area contributed by atoms with E-state index in [-0.39, 0.29) is 0 Å². The number of para-hydroxylation sites is 2. The van der Waals surface area contributed by atoms with Crippen LogP contribution in [-0.2, 0) is 5.75 Å². The summed E-state index contributed by atoms with van der Waals surface area (Å²) in [5, 5.41) is 0.543. The molecule has 0 spiro atoms. The summed E-state index contributed by atoms with van der Waals surface area (Å²) < 4.78 is 0. The number of benzene rings is 1. The van der Waals surface area contributed by atoms with Crippen molar-refractivity contribution >= 4 is 34.4 Å². The van der Waals surface area contributed by atoms with Gasteiger partial charge in [0.25, 0.3) is 0 Å². The van der Waals surface area contributed by atoms with Gasteiger partial charge in [-0.15, -0.1) is 0 Å². The smallest absolute Gasteiger partial charge is 0.191 e. The van der Waals surface area contributed by atoms with Crippen LogP contribution in [0, 0.1) is 6.92 Å². The van der Waals surface area contributed by atoms with Crippen LogP contribution in [0.3, 0.4) is 0 Å². The van der Waals surface area contributed by atoms with Gasteiger partial charge in [0.15, 0.2) is 5.16 Å². The molecule has 0 unspecified atom stereocenters. The third kappa shape index (κ3) is 3.03. The number of nitrogens with two attached hydrogens (primary N) is 2. The molecule has 0 bridgehead atoms. The first kappa shape index (κ1) is 13.6. The first-order chi connectivity index (χ1) is 10.1. The monoisotopic (exact) mass is 298 g/mol. The molecule has 21 heavy (non-hydrogen) atoms. The molecule has 0 saturated carbocycles. The SMILES string of the molecule is Cc1nc2ccccc2nc1CSc1nc(N)cc(N)n1. The normalized spacial score (nSPS) is 10.9. The molecule has 0 atom stereocenters. The fourth-order valence-corrected chi connectivity index (χ4v) is 2.80. The number of aryl methyl sites for hydroxylation is 1. The summed E-state index contributed by atoms with van der Waals surface area (Å²) in [5.74, 6) is 1.35. The molecule has 0 aliphatic carbocycles. The van der Waals surface area contributed by atoms with Crippen LogP contribution < -0.4 is 11.5 Å². The van der Waals surface area contributed by atoms with Gasteiger partial charge in [-0.1, -0.05) is 23.9 Å². The minimum absolute atomic E-state index is 0.367. The first-order valence-electron chi connectivity index (χ1n) is 6.37. The van der Waals surface area contributed by atoms with E-state index in [0.717, 1.165) is 22.4 Å². The summed E-state index contributed by atoms with van der Waals surface area (Å²) in [7, 11) is 0. The molecule has 3 aromatic rings. The number of aromatic nitrogens is 4. The standard InChI is InChI=1S/C14H14N6S/c1-8-11(18-10-5-3-2-4-9(10)17-8)7-21-14-19-12(15)6-13(16)20-14/h2-6H,7H2,1H3,(H4,15,16,19,20). The lowest BCUT2D eigenvalue weighted by Crippen LogP contribution is -2.01. The van der Waals surface area contributed by atoms with E-state index in [0.29, 0.717) is 22.5 Å². The third-order valence-corrected chi connectivity index (χ3v) is 3.78. The molecular formula is C14H14N6S. The predicted molar refractivity (Wildman–Crippen MR) is 84.7 cm³/mol. The van der Waals surface area contributed by atoms with Crippen LogP contribution >= 0.6 is 11.8 Å². The third-order valence-electron chi connectivity index (χ3n) is 2.93. The van der Waals surface area contributed by atoms with Crippen molar-refractivity contribution in [3.63, 3.8) is 0 Å². The maximum Gasteiger partial charge on any atom is 0.191 e. The van der Waals surface area contributed by atoms with E-state index in [2.05, 4.69) is 19.9 Å². The van der Waals surface area contributed by atoms with Crippen molar-refractivity contribution < 1.29 is 0 Å². The molecule has 7 heteroatoms. The minimum Gasteiger partial charge on any atom is -0.383 e. The average molecular weight is 298 g/mol. The number of anilines is 2. The Kier molecular flexibility index (Phi) is 3.57. The molecule has 0 amide bonds.